The van der Waals surface area contributed by atoms with E-state index in [9.17, 15) is 4.79 Å². The van der Waals surface area contributed by atoms with Crippen LogP contribution in [0.1, 0.15) is 44.6 Å². The predicted octanol–water partition coefficient (Wildman–Crippen LogP) is 4.03. The van der Waals surface area contributed by atoms with Crippen LogP contribution in [0, 0.1) is 0 Å². The van der Waals surface area contributed by atoms with Crippen molar-refractivity contribution in [3.05, 3.63) is 29.8 Å². The van der Waals surface area contributed by atoms with Crippen LogP contribution in [0.15, 0.2) is 29.2 Å². The third kappa shape index (κ3) is 6.70. The van der Waals surface area contributed by atoms with Crippen molar-refractivity contribution in [2.24, 2.45) is 0 Å². The molecule has 0 bridgehead atoms. The molecule has 0 saturated heterocycles. The van der Waals surface area contributed by atoms with E-state index in [1.165, 1.54) is 12.0 Å². The molecule has 0 saturated carbocycles. The van der Waals surface area contributed by atoms with Gasteiger partial charge >= 0.3 is 5.97 Å². The van der Waals surface area contributed by atoms with Crippen LogP contribution in [0.2, 0.25) is 0 Å². The van der Waals surface area contributed by atoms with Crippen molar-refractivity contribution in [1.29, 1.82) is 0 Å². The Kier molecular flexibility index (Phi) is 7.58. The highest BCUT2D eigenvalue weighted by molar-refractivity contribution is 7.80. The molecule has 0 aliphatic rings. The normalized spacial score (nSPS) is 10.3. The Morgan fingerprint density at radius 1 is 1.22 bits per heavy atom. The highest BCUT2D eigenvalue weighted by Gasteiger charge is 2.00. The molecule has 0 fully saturated rings. The van der Waals surface area contributed by atoms with Gasteiger partial charge in [0, 0.05) is 11.3 Å². The minimum absolute atomic E-state index is 0.0692. The average molecular weight is 266 g/mol. The number of rotatable bonds is 8. The number of esters is 1. The predicted molar refractivity (Wildman–Crippen MR) is 77.1 cm³/mol. The highest BCUT2D eigenvalue weighted by atomic mass is 32.1. The van der Waals surface area contributed by atoms with Crippen LogP contribution in [-0.4, -0.2) is 12.6 Å². The van der Waals surface area contributed by atoms with Crippen LogP contribution in [0.5, 0.6) is 0 Å². The molecule has 0 N–H and O–H groups in total. The van der Waals surface area contributed by atoms with Crippen LogP contribution >= 0.6 is 12.6 Å². The first-order chi connectivity index (χ1) is 8.72. The van der Waals surface area contributed by atoms with E-state index in [2.05, 4.69) is 24.8 Å². The number of aryl methyl sites for hydroxylation is 1. The number of hydrogen-bond acceptors (Lipinski definition) is 3. The molecule has 1 aromatic rings. The fourth-order valence-corrected chi connectivity index (χ4v) is 2.15. The van der Waals surface area contributed by atoms with Crippen molar-refractivity contribution in [3.63, 3.8) is 0 Å². The SMILES string of the molecule is CCOC(=O)CCCCCCc1cccc(S)c1. The molecule has 0 spiro atoms. The zero-order valence-electron chi connectivity index (χ0n) is 11.0. The second-order valence-electron chi connectivity index (χ2n) is 4.39. The lowest BCUT2D eigenvalue weighted by atomic mass is 10.1. The van der Waals surface area contributed by atoms with Crippen molar-refractivity contribution in [2.75, 3.05) is 6.61 Å². The number of hydrogen-bond donors (Lipinski definition) is 1. The van der Waals surface area contributed by atoms with Crippen LogP contribution < -0.4 is 0 Å². The lowest BCUT2D eigenvalue weighted by molar-refractivity contribution is -0.143. The third-order valence-corrected chi connectivity index (χ3v) is 3.09. The maximum absolute atomic E-state index is 11.1. The van der Waals surface area contributed by atoms with E-state index in [1.807, 2.05) is 19.1 Å². The number of benzene rings is 1. The van der Waals surface area contributed by atoms with Crippen molar-refractivity contribution in [2.45, 2.75) is 50.3 Å². The highest BCUT2D eigenvalue weighted by Crippen LogP contribution is 2.13. The van der Waals surface area contributed by atoms with Gasteiger partial charge in [-0.25, -0.2) is 0 Å². The fraction of sp³-hybridized carbons (Fsp3) is 0.533. The summed E-state index contributed by atoms with van der Waals surface area (Å²) in [7, 11) is 0. The Labute approximate surface area is 115 Å². The molecule has 1 aromatic carbocycles. The number of ether oxygens (including phenoxy) is 1. The molecule has 2 nitrogen and oxygen atoms in total. The Morgan fingerprint density at radius 2 is 2.00 bits per heavy atom. The Hall–Kier alpha value is -0.960. The molecule has 0 radical (unpaired) electrons. The molecule has 0 aliphatic heterocycles. The van der Waals surface area contributed by atoms with Gasteiger partial charge in [0.05, 0.1) is 6.61 Å². The largest absolute Gasteiger partial charge is 0.466 e. The zero-order chi connectivity index (χ0) is 13.2. The van der Waals surface area contributed by atoms with Gasteiger partial charge in [-0.2, -0.15) is 0 Å². The minimum atomic E-state index is -0.0692. The van der Waals surface area contributed by atoms with E-state index in [4.69, 9.17) is 4.74 Å². The summed E-state index contributed by atoms with van der Waals surface area (Å²) in [6.45, 7) is 2.33. The quantitative estimate of drug-likeness (QED) is 0.437. The smallest absolute Gasteiger partial charge is 0.305 e. The van der Waals surface area contributed by atoms with E-state index in [0.717, 1.165) is 30.6 Å². The topological polar surface area (TPSA) is 26.3 Å². The Morgan fingerprint density at radius 3 is 2.72 bits per heavy atom. The van der Waals surface area contributed by atoms with Crippen LogP contribution in [0.25, 0.3) is 0 Å². The minimum Gasteiger partial charge on any atom is -0.466 e. The van der Waals surface area contributed by atoms with Crippen LogP contribution in [0.3, 0.4) is 0 Å². The molecule has 100 valence electrons. The van der Waals surface area contributed by atoms with Crippen molar-refractivity contribution < 1.29 is 9.53 Å². The summed E-state index contributed by atoms with van der Waals surface area (Å²) in [5.41, 5.74) is 1.34. The molecule has 0 heterocycles. The molecule has 3 heteroatoms. The monoisotopic (exact) mass is 266 g/mol. The number of carbonyl (C=O) groups excluding carboxylic acids is 1. The summed E-state index contributed by atoms with van der Waals surface area (Å²) in [4.78, 5) is 12.1. The summed E-state index contributed by atoms with van der Waals surface area (Å²) in [5.74, 6) is -0.0692. The summed E-state index contributed by atoms with van der Waals surface area (Å²) < 4.78 is 4.88. The number of unbranched alkanes of at least 4 members (excludes halogenated alkanes) is 3. The molecule has 1 rings (SSSR count). The van der Waals surface area contributed by atoms with Gasteiger partial charge in [-0.3, -0.25) is 4.79 Å². The summed E-state index contributed by atoms with van der Waals surface area (Å²) in [5, 5.41) is 0. The third-order valence-electron chi connectivity index (χ3n) is 2.81. The van der Waals surface area contributed by atoms with E-state index < -0.39 is 0 Å². The first-order valence-corrected chi connectivity index (χ1v) is 7.10. The molecule has 0 amide bonds. The van der Waals surface area contributed by atoms with Gasteiger partial charge in [-0.15, -0.1) is 12.6 Å². The first-order valence-electron chi connectivity index (χ1n) is 6.66. The molecular weight excluding hydrogens is 244 g/mol. The van der Waals surface area contributed by atoms with Crippen molar-refractivity contribution in [3.8, 4) is 0 Å². The van der Waals surface area contributed by atoms with Crippen molar-refractivity contribution >= 4 is 18.6 Å². The summed E-state index contributed by atoms with van der Waals surface area (Å²) >= 11 is 4.32. The van der Waals surface area contributed by atoms with Gasteiger partial charge < -0.3 is 4.74 Å². The number of carbonyl (C=O) groups is 1. The van der Waals surface area contributed by atoms with E-state index in [1.54, 1.807) is 0 Å². The van der Waals surface area contributed by atoms with Crippen LogP contribution in [0.4, 0.5) is 0 Å². The van der Waals surface area contributed by atoms with E-state index in [0.29, 0.717) is 13.0 Å². The number of thiol groups is 1. The van der Waals surface area contributed by atoms with Gasteiger partial charge in [0.25, 0.3) is 0 Å². The summed E-state index contributed by atoms with van der Waals surface area (Å²) in [6.07, 6.45) is 6.01. The van der Waals surface area contributed by atoms with E-state index in [-0.39, 0.29) is 5.97 Å². The maximum atomic E-state index is 11.1. The lowest BCUT2D eigenvalue weighted by Crippen LogP contribution is -2.03. The average Bonchev–Trinajstić information content (AvgIpc) is 2.34. The molecular formula is C15H22O2S. The van der Waals surface area contributed by atoms with Crippen molar-refractivity contribution in [1.82, 2.24) is 0 Å². The zero-order valence-corrected chi connectivity index (χ0v) is 11.9. The molecule has 0 atom stereocenters. The van der Waals surface area contributed by atoms with Crippen LogP contribution in [-0.2, 0) is 16.0 Å². The molecule has 18 heavy (non-hydrogen) atoms. The Balaban J connectivity index is 2.04. The Bertz CT molecular complexity index is 363. The first kappa shape index (κ1) is 15.1. The second kappa shape index (κ2) is 9.03. The summed E-state index contributed by atoms with van der Waals surface area (Å²) in [6, 6.07) is 8.28. The standard InChI is InChI=1S/C15H22O2S/c1-2-17-15(16)11-6-4-3-5-8-13-9-7-10-14(18)12-13/h7,9-10,12,18H,2-6,8,11H2,1H3. The second-order valence-corrected chi connectivity index (χ2v) is 4.91. The fourth-order valence-electron chi connectivity index (χ4n) is 1.90. The van der Waals surface area contributed by atoms with Gasteiger partial charge in [-0.05, 0) is 43.9 Å². The maximum Gasteiger partial charge on any atom is 0.305 e. The van der Waals surface area contributed by atoms with Gasteiger partial charge in [-0.1, -0.05) is 25.0 Å². The molecule has 0 unspecified atom stereocenters. The molecule has 0 aromatic heterocycles. The van der Waals surface area contributed by atoms with Gasteiger partial charge in [0.2, 0.25) is 0 Å². The van der Waals surface area contributed by atoms with E-state index >= 15 is 0 Å². The van der Waals surface area contributed by atoms with Gasteiger partial charge in [0.15, 0.2) is 0 Å². The lowest BCUT2D eigenvalue weighted by Gasteiger charge is -2.03. The van der Waals surface area contributed by atoms with Gasteiger partial charge in [0.1, 0.15) is 0 Å². The molecule has 0 aliphatic carbocycles.